The van der Waals surface area contributed by atoms with Gasteiger partial charge in [-0.05, 0) is 62.1 Å². The van der Waals surface area contributed by atoms with Gasteiger partial charge in [-0.15, -0.1) is 0 Å². The minimum Gasteiger partial charge on any atom is -0.368 e. The molecule has 1 aliphatic heterocycles. The van der Waals surface area contributed by atoms with Crippen molar-refractivity contribution in [2.45, 2.75) is 37.8 Å². The van der Waals surface area contributed by atoms with Gasteiger partial charge in [0.15, 0.2) is 0 Å². The Kier molecular flexibility index (Phi) is 6.01. The van der Waals surface area contributed by atoms with Gasteiger partial charge >= 0.3 is 0 Å². The average molecular weight is 428 g/mol. The number of halogens is 1. The number of ether oxygens (including phenoxy) is 1. The van der Waals surface area contributed by atoms with Crippen LogP contribution in [0.5, 0.6) is 0 Å². The molecule has 0 spiro atoms. The quantitative estimate of drug-likeness (QED) is 0.656. The van der Waals surface area contributed by atoms with E-state index >= 15 is 0 Å². The van der Waals surface area contributed by atoms with Crippen LogP contribution in [-0.2, 0) is 9.53 Å². The largest absolute Gasteiger partial charge is 0.368 e. The second kappa shape index (κ2) is 8.85. The van der Waals surface area contributed by atoms with Gasteiger partial charge in [-0.3, -0.25) is 14.4 Å². The lowest BCUT2D eigenvalue weighted by molar-refractivity contribution is -0.124. The summed E-state index contributed by atoms with van der Waals surface area (Å²) in [4.78, 5) is 37.0. The summed E-state index contributed by atoms with van der Waals surface area (Å²) in [6.07, 6.45) is 3.10. The number of carbonyl (C=O) groups is 3. The predicted molar refractivity (Wildman–Crippen MR) is 114 cm³/mol. The van der Waals surface area contributed by atoms with Crippen molar-refractivity contribution in [3.8, 4) is 0 Å². The fourth-order valence-electron chi connectivity index (χ4n) is 3.22. The Labute approximate surface area is 179 Å². The van der Waals surface area contributed by atoms with E-state index in [0.29, 0.717) is 35.5 Å². The van der Waals surface area contributed by atoms with Crippen LogP contribution in [0.15, 0.2) is 42.5 Å². The van der Waals surface area contributed by atoms with Crippen LogP contribution in [0.3, 0.4) is 0 Å². The summed E-state index contributed by atoms with van der Waals surface area (Å²) < 4.78 is 5.37. The third-order valence-corrected chi connectivity index (χ3v) is 5.31. The highest BCUT2D eigenvalue weighted by Crippen LogP contribution is 2.24. The molecule has 30 heavy (non-hydrogen) atoms. The molecule has 2 aromatic carbocycles. The summed E-state index contributed by atoms with van der Waals surface area (Å²) in [6, 6.07) is 11.7. The second-order valence-electron chi connectivity index (χ2n) is 7.47. The number of amides is 3. The first-order valence-electron chi connectivity index (χ1n) is 9.94. The number of hydrogen-bond donors (Lipinski definition) is 3. The highest BCUT2D eigenvalue weighted by Gasteiger charge is 2.25. The normalized spacial score (nSPS) is 18.0. The number of rotatable bonds is 6. The smallest absolute Gasteiger partial charge is 0.255 e. The van der Waals surface area contributed by atoms with Gasteiger partial charge in [0, 0.05) is 29.6 Å². The third-order valence-electron chi connectivity index (χ3n) is 5.00. The highest BCUT2D eigenvalue weighted by atomic mass is 35.5. The summed E-state index contributed by atoms with van der Waals surface area (Å²) >= 11 is 6.23. The molecule has 7 nitrogen and oxygen atoms in total. The first-order valence-corrected chi connectivity index (χ1v) is 10.3. The molecule has 3 N–H and O–H groups in total. The molecule has 8 heteroatoms. The Hall–Kier alpha value is -2.90. The van der Waals surface area contributed by atoms with Gasteiger partial charge in [0.05, 0.1) is 10.6 Å². The summed E-state index contributed by atoms with van der Waals surface area (Å²) in [5, 5.41) is 8.70. The standard InChI is InChI=1S/C22H22ClN3O4/c23-18-12-16(8-9-17(18)21(28)24-14-6-7-14)25-20(27)13-3-1-4-15(11-13)26-22(29)19-5-2-10-30-19/h1,3-4,8-9,11-12,14,19H,2,5-7,10H2,(H,24,28)(H,25,27)(H,26,29). The second-order valence-corrected chi connectivity index (χ2v) is 7.88. The van der Waals surface area contributed by atoms with E-state index in [1.54, 1.807) is 42.5 Å². The maximum Gasteiger partial charge on any atom is 0.255 e. The van der Waals surface area contributed by atoms with Crippen LogP contribution >= 0.6 is 11.6 Å². The van der Waals surface area contributed by atoms with Crippen molar-refractivity contribution in [1.82, 2.24) is 5.32 Å². The third kappa shape index (κ3) is 4.98. The molecule has 3 amide bonds. The lowest BCUT2D eigenvalue weighted by Crippen LogP contribution is -2.27. The van der Waals surface area contributed by atoms with E-state index in [1.165, 1.54) is 0 Å². The summed E-state index contributed by atoms with van der Waals surface area (Å²) in [7, 11) is 0. The molecule has 2 aromatic rings. The number of carbonyl (C=O) groups excluding carboxylic acids is 3. The van der Waals surface area contributed by atoms with Gasteiger partial charge in [-0.25, -0.2) is 0 Å². The Bertz CT molecular complexity index is 984. The monoisotopic (exact) mass is 427 g/mol. The van der Waals surface area contributed by atoms with Crippen LogP contribution in [0.2, 0.25) is 5.02 Å². The van der Waals surface area contributed by atoms with Crippen molar-refractivity contribution in [2.75, 3.05) is 17.2 Å². The molecule has 2 fully saturated rings. The lowest BCUT2D eigenvalue weighted by atomic mass is 10.1. The minimum atomic E-state index is -0.444. The Morgan fingerprint density at radius 2 is 1.73 bits per heavy atom. The molecular weight excluding hydrogens is 406 g/mol. The maximum atomic E-state index is 12.6. The zero-order valence-electron chi connectivity index (χ0n) is 16.2. The van der Waals surface area contributed by atoms with Crippen LogP contribution in [-0.4, -0.2) is 36.5 Å². The van der Waals surface area contributed by atoms with Crippen LogP contribution in [0.4, 0.5) is 11.4 Å². The predicted octanol–water partition coefficient (Wildman–Crippen LogP) is 3.60. The van der Waals surface area contributed by atoms with E-state index in [-0.39, 0.29) is 28.8 Å². The van der Waals surface area contributed by atoms with E-state index < -0.39 is 6.10 Å². The molecule has 1 atom stereocenters. The van der Waals surface area contributed by atoms with Crippen LogP contribution in [0, 0.1) is 0 Å². The number of nitrogens with one attached hydrogen (secondary N) is 3. The number of hydrogen-bond acceptors (Lipinski definition) is 4. The summed E-state index contributed by atoms with van der Waals surface area (Å²) in [6.45, 7) is 0.587. The first-order chi connectivity index (χ1) is 14.5. The van der Waals surface area contributed by atoms with Gasteiger partial charge < -0.3 is 20.7 Å². The van der Waals surface area contributed by atoms with Crippen LogP contribution in [0.25, 0.3) is 0 Å². The summed E-state index contributed by atoms with van der Waals surface area (Å²) in [5.74, 6) is -0.776. The maximum absolute atomic E-state index is 12.6. The molecule has 4 rings (SSSR count). The van der Waals surface area contributed by atoms with E-state index in [2.05, 4.69) is 16.0 Å². The fourth-order valence-corrected chi connectivity index (χ4v) is 3.48. The van der Waals surface area contributed by atoms with E-state index in [0.717, 1.165) is 19.3 Å². The zero-order valence-corrected chi connectivity index (χ0v) is 17.0. The zero-order chi connectivity index (χ0) is 21.1. The highest BCUT2D eigenvalue weighted by molar-refractivity contribution is 6.34. The van der Waals surface area contributed by atoms with E-state index in [4.69, 9.17) is 16.3 Å². The molecule has 156 valence electrons. The molecular formula is C22H22ClN3O4. The van der Waals surface area contributed by atoms with Gasteiger partial charge in [0.2, 0.25) is 0 Å². The van der Waals surface area contributed by atoms with E-state index in [1.807, 2.05) is 0 Å². The first kappa shape index (κ1) is 20.4. The lowest BCUT2D eigenvalue weighted by Gasteiger charge is -2.12. The number of benzene rings is 2. The molecule has 1 saturated heterocycles. The number of anilines is 2. The van der Waals surface area contributed by atoms with Crippen molar-refractivity contribution < 1.29 is 19.1 Å². The van der Waals surface area contributed by atoms with Crippen molar-refractivity contribution >= 4 is 40.7 Å². The Morgan fingerprint density at radius 1 is 0.933 bits per heavy atom. The van der Waals surface area contributed by atoms with Crippen molar-refractivity contribution in [3.05, 3.63) is 58.6 Å². The van der Waals surface area contributed by atoms with Crippen molar-refractivity contribution in [3.63, 3.8) is 0 Å². The van der Waals surface area contributed by atoms with Gasteiger partial charge in [0.1, 0.15) is 6.10 Å². The average Bonchev–Trinajstić information content (AvgIpc) is 3.36. The SMILES string of the molecule is O=C(Nc1ccc(C(=O)NC2CC2)c(Cl)c1)c1cccc(NC(=O)C2CCCO2)c1. The molecule has 0 aromatic heterocycles. The van der Waals surface area contributed by atoms with Crippen molar-refractivity contribution in [2.24, 2.45) is 0 Å². The van der Waals surface area contributed by atoms with Gasteiger partial charge in [-0.2, -0.15) is 0 Å². The Morgan fingerprint density at radius 3 is 2.43 bits per heavy atom. The van der Waals surface area contributed by atoms with Gasteiger partial charge in [-0.1, -0.05) is 17.7 Å². The van der Waals surface area contributed by atoms with Gasteiger partial charge in [0.25, 0.3) is 17.7 Å². The molecule has 1 saturated carbocycles. The molecule has 2 aliphatic rings. The van der Waals surface area contributed by atoms with Crippen LogP contribution in [0.1, 0.15) is 46.4 Å². The minimum absolute atomic E-state index is 0.211. The van der Waals surface area contributed by atoms with Crippen molar-refractivity contribution in [1.29, 1.82) is 0 Å². The van der Waals surface area contributed by atoms with Crippen LogP contribution < -0.4 is 16.0 Å². The van der Waals surface area contributed by atoms with E-state index in [9.17, 15) is 14.4 Å². The molecule has 1 unspecified atom stereocenters. The fraction of sp³-hybridized carbons (Fsp3) is 0.318. The molecule has 1 aliphatic carbocycles. The summed E-state index contributed by atoms with van der Waals surface area (Å²) in [5.41, 5.74) is 1.75. The molecule has 0 bridgehead atoms. The topological polar surface area (TPSA) is 96.5 Å². The molecule has 1 heterocycles. The Balaban J connectivity index is 1.40. The molecule has 0 radical (unpaired) electrons.